The molecule has 0 saturated heterocycles. The molecule has 0 aliphatic heterocycles. The van der Waals surface area contributed by atoms with E-state index < -0.39 is 37.0 Å². The lowest BCUT2D eigenvalue weighted by Crippen LogP contribution is -2.34. The van der Waals surface area contributed by atoms with Crippen molar-refractivity contribution in [2.75, 3.05) is 12.3 Å². The standard InChI is InChI=1S/C12H16FN3O4S/c1-2-5-15(8-3-4-8)21(19,20)12-10(13)6-9(16(17)18)7-11(12)14/h6-8H,2-5,14H2,1H3. The number of halogens is 1. The molecule has 0 heterocycles. The number of anilines is 1. The van der Waals surface area contributed by atoms with Crippen molar-refractivity contribution in [2.45, 2.75) is 37.1 Å². The number of benzene rings is 1. The van der Waals surface area contributed by atoms with Crippen molar-refractivity contribution in [2.24, 2.45) is 0 Å². The van der Waals surface area contributed by atoms with Crippen molar-refractivity contribution in [1.82, 2.24) is 4.31 Å². The normalized spacial score (nSPS) is 15.4. The summed E-state index contributed by atoms with van der Waals surface area (Å²) in [4.78, 5) is 9.15. The molecule has 0 unspecified atom stereocenters. The zero-order valence-corrected chi connectivity index (χ0v) is 12.3. The Balaban J connectivity index is 2.51. The number of hydrogen-bond donors (Lipinski definition) is 1. The second kappa shape index (κ2) is 5.57. The molecule has 0 spiro atoms. The largest absolute Gasteiger partial charge is 0.397 e. The van der Waals surface area contributed by atoms with Crippen LogP contribution in [0.15, 0.2) is 17.0 Å². The van der Waals surface area contributed by atoms with E-state index in [-0.39, 0.29) is 12.6 Å². The van der Waals surface area contributed by atoms with Gasteiger partial charge < -0.3 is 5.73 Å². The number of rotatable bonds is 6. The van der Waals surface area contributed by atoms with Crippen LogP contribution in [0.5, 0.6) is 0 Å². The van der Waals surface area contributed by atoms with Gasteiger partial charge in [0.1, 0.15) is 4.90 Å². The molecule has 2 rings (SSSR count). The summed E-state index contributed by atoms with van der Waals surface area (Å²) < 4.78 is 40.4. The molecule has 2 N–H and O–H groups in total. The second-order valence-corrected chi connectivity index (χ2v) is 6.78. The van der Waals surface area contributed by atoms with Crippen molar-refractivity contribution >= 4 is 21.4 Å². The topological polar surface area (TPSA) is 107 Å². The summed E-state index contributed by atoms with van der Waals surface area (Å²) in [6, 6.07) is 1.32. The van der Waals surface area contributed by atoms with E-state index in [1.54, 1.807) is 0 Å². The lowest BCUT2D eigenvalue weighted by Gasteiger charge is -2.22. The summed E-state index contributed by atoms with van der Waals surface area (Å²) in [5, 5.41) is 10.6. The van der Waals surface area contributed by atoms with E-state index in [1.807, 2.05) is 6.92 Å². The van der Waals surface area contributed by atoms with Gasteiger partial charge in [0.15, 0.2) is 5.82 Å². The first-order chi connectivity index (χ1) is 9.78. The van der Waals surface area contributed by atoms with Gasteiger partial charge in [0, 0.05) is 18.7 Å². The molecular formula is C12H16FN3O4S. The van der Waals surface area contributed by atoms with E-state index in [0.717, 1.165) is 18.9 Å². The van der Waals surface area contributed by atoms with Crippen molar-refractivity contribution in [3.63, 3.8) is 0 Å². The van der Waals surface area contributed by atoms with Crippen LogP contribution in [-0.4, -0.2) is 30.2 Å². The third-order valence-electron chi connectivity index (χ3n) is 3.23. The molecule has 1 fully saturated rings. The Morgan fingerprint density at radius 2 is 2.10 bits per heavy atom. The monoisotopic (exact) mass is 317 g/mol. The van der Waals surface area contributed by atoms with Gasteiger partial charge in [0.2, 0.25) is 10.0 Å². The molecule has 21 heavy (non-hydrogen) atoms. The minimum Gasteiger partial charge on any atom is -0.397 e. The first-order valence-corrected chi connectivity index (χ1v) is 7.98. The molecule has 1 aliphatic carbocycles. The number of nitro groups is 1. The Kier molecular flexibility index (Phi) is 4.15. The van der Waals surface area contributed by atoms with Gasteiger partial charge in [-0.05, 0) is 19.3 Å². The van der Waals surface area contributed by atoms with Crippen LogP contribution in [0.25, 0.3) is 0 Å². The summed E-state index contributed by atoms with van der Waals surface area (Å²) in [6.07, 6.45) is 2.05. The molecule has 9 heteroatoms. The Morgan fingerprint density at radius 1 is 1.48 bits per heavy atom. The number of nitrogen functional groups attached to an aromatic ring is 1. The minimum atomic E-state index is -4.09. The van der Waals surface area contributed by atoms with Crippen molar-refractivity contribution in [3.05, 3.63) is 28.1 Å². The zero-order chi connectivity index (χ0) is 15.8. The van der Waals surface area contributed by atoms with Gasteiger partial charge in [-0.2, -0.15) is 4.31 Å². The Labute approximate surface area is 121 Å². The minimum absolute atomic E-state index is 0.135. The molecule has 1 aromatic carbocycles. The lowest BCUT2D eigenvalue weighted by atomic mass is 10.3. The molecule has 0 bridgehead atoms. The van der Waals surface area contributed by atoms with Crippen molar-refractivity contribution in [1.29, 1.82) is 0 Å². The Hall–Kier alpha value is -1.74. The van der Waals surface area contributed by atoms with Crippen LogP contribution >= 0.6 is 0 Å². The number of nitrogens with two attached hydrogens (primary N) is 1. The summed E-state index contributed by atoms with van der Waals surface area (Å²) in [7, 11) is -4.09. The van der Waals surface area contributed by atoms with Gasteiger partial charge in [-0.1, -0.05) is 6.92 Å². The number of non-ortho nitro benzene ring substituents is 1. The average Bonchev–Trinajstić information content (AvgIpc) is 3.18. The highest BCUT2D eigenvalue weighted by molar-refractivity contribution is 7.89. The fraction of sp³-hybridized carbons (Fsp3) is 0.500. The fourth-order valence-electron chi connectivity index (χ4n) is 2.18. The maximum absolute atomic E-state index is 14.1. The quantitative estimate of drug-likeness (QED) is 0.490. The van der Waals surface area contributed by atoms with Crippen molar-refractivity contribution in [3.8, 4) is 0 Å². The fourth-order valence-corrected chi connectivity index (χ4v) is 4.10. The van der Waals surface area contributed by atoms with E-state index in [4.69, 9.17) is 5.73 Å². The van der Waals surface area contributed by atoms with Gasteiger partial charge in [-0.15, -0.1) is 0 Å². The molecule has 1 saturated carbocycles. The van der Waals surface area contributed by atoms with Crippen LogP contribution in [0.3, 0.4) is 0 Å². The van der Waals surface area contributed by atoms with Gasteiger partial charge >= 0.3 is 0 Å². The van der Waals surface area contributed by atoms with E-state index in [0.29, 0.717) is 12.5 Å². The SMILES string of the molecule is CCCN(C1CC1)S(=O)(=O)c1c(N)cc([N+](=O)[O-])cc1F. The molecular weight excluding hydrogens is 301 g/mol. The molecule has 1 aromatic rings. The van der Waals surface area contributed by atoms with Crippen LogP contribution in [-0.2, 0) is 10.0 Å². The Bertz CT molecular complexity index is 650. The zero-order valence-electron chi connectivity index (χ0n) is 11.5. The van der Waals surface area contributed by atoms with Crippen molar-refractivity contribution < 1.29 is 17.7 Å². The van der Waals surface area contributed by atoms with Gasteiger partial charge in [0.05, 0.1) is 16.7 Å². The summed E-state index contributed by atoms with van der Waals surface area (Å²) in [6.45, 7) is 2.09. The average molecular weight is 317 g/mol. The molecule has 1 aliphatic rings. The maximum Gasteiger partial charge on any atom is 0.274 e. The van der Waals surface area contributed by atoms with E-state index >= 15 is 0 Å². The molecule has 0 amide bonds. The van der Waals surface area contributed by atoms with Gasteiger partial charge in [0.25, 0.3) is 5.69 Å². The second-order valence-electron chi connectivity index (χ2n) is 4.95. The molecule has 116 valence electrons. The Morgan fingerprint density at radius 3 is 2.52 bits per heavy atom. The van der Waals surface area contributed by atoms with E-state index in [1.165, 1.54) is 4.31 Å². The predicted octanol–water partition coefficient (Wildman–Crippen LogP) is 1.88. The molecule has 0 radical (unpaired) electrons. The highest BCUT2D eigenvalue weighted by atomic mass is 32.2. The smallest absolute Gasteiger partial charge is 0.274 e. The maximum atomic E-state index is 14.1. The van der Waals surface area contributed by atoms with Crippen LogP contribution in [0.2, 0.25) is 0 Å². The lowest BCUT2D eigenvalue weighted by molar-refractivity contribution is -0.385. The number of nitro benzene ring substituents is 1. The molecule has 7 nitrogen and oxygen atoms in total. The number of hydrogen-bond acceptors (Lipinski definition) is 5. The number of sulfonamides is 1. The van der Waals surface area contributed by atoms with Crippen LogP contribution < -0.4 is 5.73 Å². The third-order valence-corrected chi connectivity index (χ3v) is 5.28. The van der Waals surface area contributed by atoms with Crippen LogP contribution in [0, 0.1) is 15.9 Å². The third kappa shape index (κ3) is 2.98. The van der Waals surface area contributed by atoms with Gasteiger partial charge in [-0.25, -0.2) is 12.8 Å². The molecule has 0 aromatic heterocycles. The highest BCUT2D eigenvalue weighted by Crippen LogP contribution is 2.36. The summed E-state index contributed by atoms with van der Waals surface area (Å²) >= 11 is 0. The summed E-state index contributed by atoms with van der Waals surface area (Å²) in [5.41, 5.74) is 4.54. The highest BCUT2D eigenvalue weighted by Gasteiger charge is 2.40. The predicted molar refractivity (Wildman–Crippen MR) is 74.7 cm³/mol. The van der Waals surface area contributed by atoms with E-state index in [9.17, 15) is 22.9 Å². The van der Waals surface area contributed by atoms with Crippen LogP contribution in [0.1, 0.15) is 26.2 Å². The van der Waals surface area contributed by atoms with E-state index in [2.05, 4.69) is 0 Å². The molecule has 0 atom stereocenters. The summed E-state index contributed by atoms with van der Waals surface area (Å²) in [5.74, 6) is -1.19. The first kappa shape index (κ1) is 15.6. The van der Waals surface area contributed by atoms with Gasteiger partial charge in [-0.3, -0.25) is 10.1 Å². The first-order valence-electron chi connectivity index (χ1n) is 6.54. The van der Waals surface area contributed by atoms with Crippen LogP contribution in [0.4, 0.5) is 15.8 Å². The number of nitrogens with zero attached hydrogens (tertiary/aromatic N) is 2.